The molecule has 0 unspecified atom stereocenters. The minimum Gasteiger partial charge on any atom is -0.237 e. The maximum absolute atomic E-state index is 13.2. The van der Waals surface area contributed by atoms with E-state index in [9.17, 15) is 4.39 Å². The summed E-state index contributed by atoms with van der Waals surface area (Å²) in [5.41, 5.74) is 2.04. The van der Waals surface area contributed by atoms with Gasteiger partial charge in [-0.15, -0.1) is 21.6 Å². The van der Waals surface area contributed by atoms with Gasteiger partial charge in [-0.3, -0.25) is 0 Å². The predicted octanol–water partition coefficient (Wildman–Crippen LogP) is 3.36. The maximum Gasteiger partial charge on any atom is 0.379 e. The second kappa shape index (κ2) is 5.34. The van der Waals surface area contributed by atoms with E-state index in [0.717, 1.165) is 10.6 Å². The highest BCUT2D eigenvalue weighted by atomic mass is 35.5. The van der Waals surface area contributed by atoms with Gasteiger partial charge < -0.3 is 0 Å². The van der Waals surface area contributed by atoms with Crippen molar-refractivity contribution in [2.45, 2.75) is 0 Å². The van der Waals surface area contributed by atoms with Crippen LogP contribution in [0.2, 0.25) is 5.02 Å². The summed E-state index contributed by atoms with van der Waals surface area (Å²) in [4.78, 5) is 4.50. The van der Waals surface area contributed by atoms with Crippen LogP contribution in [0.4, 0.5) is 10.2 Å². The van der Waals surface area contributed by atoms with Crippen LogP contribution < -0.4 is 0 Å². The molecule has 0 radical (unpaired) electrons. The van der Waals surface area contributed by atoms with Gasteiger partial charge in [0.1, 0.15) is 16.5 Å². The average Bonchev–Trinajstić information content (AvgIpc) is 3.09. The lowest BCUT2D eigenvalue weighted by atomic mass is 10.2. The van der Waals surface area contributed by atoms with E-state index in [4.69, 9.17) is 11.6 Å². The van der Waals surface area contributed by atoms with Crippen LogP contribution in [-0.2, 0) is 0 Å². The van der Waals surface area contributed by atoms with Gasteiger partial charge in [0.15, 0.2) is 0 Å². The Bertz CT molecular complexity index is 826. The van der Waals surface area contributed by atoms with Crippen molar-refractivity contribution in [2.75, 3.05) is 7.05 Å². The summed E-state index contributed by atoms with van der Waals surface area (Å²) in [6.07, 6.45) is 0. The van der Waals surface area contributed by atoms with Crippen LogP contribution in [0.25, 0.3) is 22.0 Å². The highest BCUT2D eigenvalue weighted by Crippen LogP contribution is 2.32. The third kappa shape index (κ3) is 2.57. The van der Waals surface area contributed by atoms with Gasteiger partial charge in [0.2, 0.25) is 5.69 Å². The fraction of sp³-hybridized carbons (Fsp3) is 0.0769. The molecule has 0 fully saturated rings. The van der Waals surface area contributed by atoms with Crippen LogP contribution >= 0.6 is 22.9 Å². The first-order valence-corrected chi connectivity index (χ1v) is 7.18. The molecule has 1 N–H and O–H groups in total. The molecule has 0 spiro atoms. The lowest BCUT2D eigenvalue weighted by molar-refractivity contribution is -0.398. The molecule has 2 aromatic heterocycles. The molecule has 0 saturated carbocycles. The molecule has 3 aromatic rings. The summed E-state index contributed by atoms with van der Waals surface area (Å²) in [5.74, 6) is 0.152. The Morgan fingerprint density at radius 3 is 2.90 bits per heavy atom. The Balaban J connectivity index is 2.01. The summed E-state index contributed by atoms with van der Waals surface area (Å²) in [6.45, 7) is 3.78. The number of thiazole rings is 1. The molecule has 8 heteroatoms. The van der Waals surface area contributed by atoms with Crippen molar-refractivity contribution in [1.29, 1.82) is 0 Å². The van der Waals surface area contributed by atoms with Crippen molar-refractivity contribution in [2.24, 2.45) is 0 Å². The Labute approximate surface area is 128 Å². The Kier molecular flexibility index (Phi) is 3.52. The molecule has 2 heterocycles. The number of benzene rings is 1. The largest absolute Gasteiger partial charge is 0.379 e. The monoisotopic (exact) mass is 322 g/mol. The topological polar surface area (TPSA) is 57.5 Å². The number of aromatic nitrogens is 4. The summed E-state index contributed by atoms with van der Waals surface area (Å²) in [7, 11) is 1.77. The number of aromatic amines is 1. The van der Waals surface area contributed by atoms with Gasteiger partial charge in [-0.05, 0) is 18.2 Å². The molecule has 0 aliphatic rings. The van der Waals surface area contributed by atoms with E-state index in [0.29, 0.717) is 17.2 Å². The summed E-state index contributed by atoms with van der Waals surface area (Å²) in [5, 5.41) is 13.3. The summed E-state index contributed by atoms with van der Waals surface area (Å²) in [6, 6.07) is 4.52. The van der Waals surface area contributed by atoms with Gasteiger partial charge in [-0.1, -0.05) is 11.6 Å². The van der Waals surface area contributed by atoms with Crippen LogP contribution in [0.3, 0.4) is 0 Å². The minimum atomic E-state index is -0.449. The quantitative estimate of drug-likeness (QED) is 0.594. The summed E-state index contributed by atoms with van der Waals surface area (Å²) < 4.78 is 14.8. The fourth-order valence-corrected chi connectivity index (χ4v) is 2.79. The number of halogens is 2. The van der Waals surface area contributed by atoms with Gasteiger partial charge in [-0.2, -0.15) is 0 Å². The van der Waals surface area contributed by atoms with E-state index in [1.54, 1.807) is 23.8 Å². The molecule has 0 saturated heterocycles. The normalized spacial score (nSPS) is 10.8. The fourth-order valence-electron chi connectivity index (χ4n) is 1.81. The molecule has 0 bridgehead atoms. The highest BCUT2D eigenvalue weighted by molar-refractivity contribution is 7.13. The molecule has 0 aliphatic carbocycles. The maximum atomic E-state index is 13.2. The lowest BCUT2D eigenvalue weighted by Crippen LogP contribution is -1.95. The molecule has 0 aliphatic heterocycles. The Hall–Kier alpha value is -2.12. The SMILES string of the molecule is C=[N+](C)c1n[nH]nc1-c1csc(-c2ccc(F)c(Cl)c2)n1. The van der Waals surface area contributed by atoms with Crippen molar-refractivity contribution in [3.05, 3.63) is 34.4 Å². The van der Waals surface area contributed by atoms with Crippen molar-refractivity contribution in [3.63, 3.8) is 0 Å². The second-order valence-corrected chi connectivity index (χ2v) is 5.63. The van der Waals surface area contributed by atoms with Crippen LogP contribution in [0.5, 0.6) is 0 Å². The zero-order chi connectivity index (χ0) is 15.0. The predicted molar refractivity (Wildman–Crippen MR) is 80.9 cm³/mol. The van der Waals surface area contributed by atoms with Gasteiger partial charge in [0.25, 0.3) is 0 Å². The van der Waals surface area contributed by atoms with Gasteiger partial charge >= 0.3 is 5.82 Å². The molecule has 3 rings (SSSR count). The smallest absolute Gasteiger partial charge is 0.237 e. The van der Waals surface area contributed by atoms with E-state index >= 15 is 0 Å². The first-order chi connectivity index (χ1) is 10.1. The van der Waals surface area contributed by atoms with Crippen molar-refractivity contribution in [3.8, 4) is 22.0 Å². The van der Waals surface area contributed by atoms with Crippen LogP contribution in [0.15, 0.2) is 23.6 Å². The molecule has 0 amide bonds. The number of nitrogens with one attached hydrogen (secondary N) is 1. The van der Waals surface area contributed by atoms with Gasteiger partial charge in [0, 0.05) is 10.9 Å². The average molecular weight is 323 g/mol. The van der Waals surface area contributed by atoms with Crippen molar-refractivity contribution < 1.29 is 8.97 Å². The van der Waals surface area contributed by atoms with Gasteiger partial charge in [-0.25, -0.2) is 13.9 Å². The lowest BCUT2D eigenvalue weighted by Gasteiger charge is -1.98. The standard InChI is InChI=1S/C13H10ClFN5S/c1-20(2)12-11(17-19-18-12)10-6-21-13(16-10)7-3-4-9(15)8(14)5-7/h3-6H,1H2,2H3,(H,17,18,19)/q+1. The molecule has 1 aromatic carbocycles. The minimum absolute atomic E-state index is 0.0730. The first kappa shape index (κ1) is 13.8. The van der Waals surface area contributed by atoms with E-state index in [1.165, 1.54) is 17.4 Å². The molecule has 106 valence electrons. The third-order valence-corrected chi connectivity index (χ3v) is 3.99. The number of hydrogen-bond acceptors (Lipinski definition) is 4. The van der Waals surface area contributed by atoms with Crippen LogP contribution in [0.1, 0.15) is 0 Å². The molecular weight excluding hydrogens is 313 g/mol. The van der Waals surface area contributed by atoms with Crippen molar-refractivity contribution in [1.82, 2.24) is 20.4 Å². The Morgan fingerprint density at radius 2 is 2.19 bits per heavy atom. The molecule has 21 heavy (non-hydrogen) atoms. The zero-order valence-corrected chi connectivity index (χ0v) is 12.5. The van der Waals surface area contributed by atoms with Crippen LogP contribution in [-0.4, -0.2) is 38.7 Å². The summed E-state index contributed by atoms with van der Waals surface area (Å²) >= 11 is 7.22. The number of H-pyrrole nitrogens is 1. The third-order valence-electron chi connectivity index (χ3n) is 2.80. The Morgan fingerprint density at radius 1 is 1.38 bits per heavy atom. The van der Waals surface area contributed by atoms with Crippen LogP contribution in [0, 0.1) is 5.82 Å². The highest BCUT2D eigenvalue weighted by Gasteiger charge is 2.21. The van der Waals surface area contributed by atoms with Gasteiger partial charge in [0.05, 0.1) is 23.9 Å². The number of nitrogens with zero attached hydrogens (tertiary/aromatic N) is 4. The molecular formula is C13H10ClFN5S+. The number of rotatable bonds is 3. The van der Waals surface area contributed by atoms with Crippen molar-refractivity contribution >= 4 is 35.5 Å². The second-order valence-electron chi connectivity index (χ2n) is 4.36. The van der Waals surface area contributed by atoms with E-state index in [2.05, 4.69) is 27.1 Å². The number of hydrogen-bond donors (Lipinski definition) is 1. The van der Waals surface area contributed by atoms with E-state index in [1.807, 2.05) is 5.38 Å². The van der Waals surface area contributed by atoms with E-state index in [-0.39, 0.29) is 5.02 Å². The molecule has 5 nitrogen and oxygen atoms in total. The van der Waals surface area contributed by atoms with E-state index < -0.39 is 5.82 Å². The molecule has 0 atom stereocenters. The zero-order valence-electron chi connectivity index (χ0n) is 11.0. The first-order valence-electron chi connectivity index (χ1n) is 5.92.